The molecule has 1 aliphatic carbocycles. The molecule has 1 aliphatic rings. The van der Waals surface area contributed by atoms with E-state index >= 15 is 0 Å². The van der Waals surface area contributed by atoms with Gasteiger partial charge in [0.25, 0.3) is 0 Å². The Labute approximate surface area is 119 Å². The van der Waals surface area contributed by atoms with E-state index in [2.05, 4.69) is 30.4 Å². The summed E-state index contributed by atoms with van der Waals surface area (Å²) in [7, 11) is 0. The summed E-state index contributed by atoms with van der Waals surface area (Å²) in [5, 5.41) is 0. The van der Waals surface area contributed by atoms with Gasteiger partial charge in [-0.2, -0.15) is 0 Å². The fourth-order valence-electron chi connectivity index (χ4n) is 2.51. The highest BCUT2D eigenvalue weighted by Gasteiger charge is 2.25. The Morgan fingerprint density at radius 1 is 0.900 bits per heavy atom. The standard InChI is InChI=1S/C18H18N2/c19-17-8-6-14(7-9-17)15-10-12-18(20,13-11-15)16-4-2-1-3-5-16/h1-12H,13,19-20H2/t18-/m0/s1. The minimum absolute atomic E-state index is 0.404. The Morgan fingerprint density at radius 2 is 1.60 bits per heavy atom. The fraction of sp³-hybridized carbons (Fsp3) is 0.111. The van der Waals surface area contributed by atoms with Crippen molar-refractivity contribution in [2.24, 2.45) is 5.73 Å². The van der Waals surface area contributed by atoms with E-state index in [4.69, 9.17) is 11.5 Å². The maximum atomic E-state index is 6.49. The number of benzene rings is 2. The van der Waals surface area contributed by atoms with Crippen LogP contribution in [-0.2, 0) is 5.54 Å². The second-order valence-corrected chi connectivity index (χ2v) is 5.23. The first-order chi connectivity index (χ1) is 9.67. The third kappa shape index (κ3) is 2.38. The van der Waals surface area contributed by atoms with E-state index in [1.54, 1.807) is 0 Å². The Balaban J connectivity index is 1.85. The van der Waals surface area contributed by atoms with E-state index in [9.17, 15) is 0 Å². The summed E-state index contributed by atoms with van der Waals surface area (Å²) >= 11 is 0. The lowest BCUT2D eigenvalue weighted by Gasteiger charge is -2.28. The molecule has 100 valence electrons. The summed E-state index contributed by atoms with van der Waals surface area (Å²) < 4.78 is 0. The van der Waals surface area contributed by atoms with Crippen molar-refractivity contribution >= 4 is 11.3 Å². The zero-order chi connectivity index (χ0) is 14.0. The second kappa shape index (κ2) is 4.99. The van der Waals surface area contributed by atoms with Crippen LogP contribution in [0, 0.1) is 0 Å². The molecule has 2 aromatic rings. The molecule has 0 saturated heterocycles. The molecule has 2 aromatic carbocycles. The van der Waals surface area contributed by atoms with Gasteiger partial charge in [-0.15, -0.1) is 0 Å². The lowest BCUT2D eigenvalue weighted by Crippen LogP contribution is -2.34. The lowest BCUT2D eigenvalue weighted by molar-refractivity contribution is 0.567. The Kier molecular flexibility index (Phi) is 3.17. The van der Waals surface area contributed by atoms with Crippen LogP contribution in [0.4, 0.5) is 5.69 Å². The number of allylic oxidation sites excluding steroid dienone is 2. The van der Waals surface area contributed by atoms with Crippen molar-refractivity contribution in [1.82, 2.24) is 0 Å². The maximum Gasteiger partial charge on any atom is 0.0633 e. The van der Waals surface area contributed by atoms with Gasteiger partial charge in [-0.3, -0.25) is 0 Å². The van der Waals surface area contributed by atoms with E-state index < -0.39 is 5.54 Å². The zero-order valence-electron chi connectivity index (χ0n) is 11.3. The van der Waals surface area contributed by atoms with Gasteiger partial charge in [0, 0.05) is 5.69 Å². The third-order valence-corrected chi connectivity index (χ3v) is 3.78. The predicted octanol–water partition coefficient (Wildman–Crippen LogP) is 3.47. The van der Waals surface area contributed by atoms with Crippen LogP contribution in [0.5, 0.6) is 0 Å². The molecular formula is C18H18N2. The minimum atomic E-state index is -0.404. The van der Waals surface area contributed by atoms with Crippen LogP contribution >= 0.6 is 0 Å². The van der Waals surface area contributed by atoms with Gasteiger partial charge in [0.15, 0.2) is 0 Å². The normalized spacial score (nSPS) is 21.6. The van der Waals surface area contributed by atoms with E-state index in [0.717, 1.165) is 17.7 Å². The molecule has 3 rings (SSSR count). The van der Waals surface area contributed by atoms with Gasteiger partial charge in [0.2, 0.25) is 0 Å². The van der Waals surface area contributed by atoms with Crippen molar-refractivity contribution < 1.29 is 0 Å². The van der Waals surface area contributed by atoms with Crippen LogP contribution in [0.3, 0.4) is 0 Å². The number of nitrogen functional groups attached to an aromatic ring is 1. The molecule has 0 amide bonds. The minimum Gasteiger partial charge on any atom is -0.399 e. The quantitative estimate of drug-likeness (QED) is 0.814. The van der Waals surface area contributed by atoms with Crippen molar-refractivity contribution in [2.75, 3.05) is 5.73 Å². The molecule has 0 spiro atoms. The summed E-state index contributed by atoms with van der Waals surface area (Å²) in [6.45, 7) is 0. The van der Waals surface area contributed by atoms with Crippen LogP contribution in [0.15, 0.2) is 72.8 Å². The topological polar surface area (TPSA) is 52.0 Å². The lowest BCUT2D eigenvalue weighted by atomic mass is 9.82. The molecule has 0 unspecified atom stereocenters. The maximum absolute atomic E-state index is 6.49. The Bertz CT molecular complexity index is 654. The number of hydrogen-bond donors (Lipinski definition) is 2. The molecule has 0 aliphatic heterocycles. The molecule has 20 heavy (non-hydrogen) atoms. The highest BCUT2D eigenvalue weighted by molar-refractivity contribution is 5.76. The van der Waals surface area contributed by atoms with Gasteiger partial charge in [0.1, 0.15) is 0 Å². The third-order valence-electron chi connectivity index (χ3n) is 3.78. The van der Waals surface area contributed by atoms with E-state index in [-0.39, 0.29) is 0 Å². The molecule has 2 nitrogen and oxygen atoms in total. The average Bonchev–Trinajstić information content (AvgIpc) is 2.50. The predicted molar refractivity (Wildman–Crippen MR) is 84.9 cm³/mol. The zero-order valence-corrected chi connectivity index (χ0v) is 11.3. The summed E-state index contributed by atoms with van der Waals surface area (Å²) in [5.41, 5.74) is 16.1. The number of rotatable bonds is 2. The summed E-state index contributed by atoms with van der Waals surface area (Å²) in [6.07, 6.45) is 7.18. The molecule has 2 heteroatoms. The number of hydrogen-bond acceptors (Lipinski definition) is 2. The Morgan fingerprint density at radius 3 is 2.20 bits per heavy atom. The van der Waals surface area contributed by atoms with Gasteiger partial charge in [-0.1, -0.05) is 60.7 Å². The SMILES string of the molecule is Nc1ccc(C2=CC[C@](N)(c3ccccc3)C=C2)cc1. The van der Waals surface area contributed by atoms with Crippen molar-refractivity contribution in [3.63, 3.8) is 0 Å². The van der Waals surface area contributed by atoms with E-state index in [1.807, 2.05) is 42.5 Å². The van der Waals surface area contributed by atoms with Crippen molar-refractivity contribution in [2.45, 2.75) is 12.0 Å². The van der Waals surface area contributed by atoms with Gasteiger partial charge in [-0.05, 0) is 35.3 Å². The van der Waals surface area contributed by atoms with Crippen LogP contribution < -0.4 is 11.5 Å². The largest absolute Gasteiger partial charge is 0.399 e. The van der Waals surface area contributed by atoms with Crippen molar-refractivity contribution in [1.29, 1.82) is 0 Å². The fourth-order valence-corrected chi connectivity index (χ4v) is 2.51. The summed E-state index contributed by atoms with van der Waals surface area (Å²) in [5.74, 6) is 0. The van der Waals surface area contributed by atoms with Gasteiger partial charge >= 0.3 is 0 Å². The summed E-state index contributed by atoms with van der Waals surface area (Å²) in [6, 6.07) is 18.1. The molecule has 0 radical (unpaired) electrons. The molecule has 0 heterocycles. The first kappa shape index (κ1) is 12.7. The second-order valence-electron chi connectivity index (χ2n) is 5.23. The van der Waals surface area contributed by atoms with Gasteiger partial charge in [0.05, 0.1) is 5.54 Å². The van der Waals surface area contributed by atoms with Crippen LogP contribution in [0.1, 0.15) is 17.5 Å². The molecule has 4 N–H and O–H groups in total. The van der Waals surface area contributed by atoms with Gasteiger partial charge < -0.3 is 11.5 Å². The molecule has 0 bridgehead atoms. The highest BCUT2D eigenvalue weighted by atomic mass is 14.7. The van der Waals surface area contributed by atoms with Crippen molar-refractivity contribution in [3.8, 4) is 0 Å². The molecule has 0 fully saturated rings. The first-order valence-corrected chi connectivity index (χ1v) is 6.77. The van der Waals surface area contributed by atoms with E-state index in [0.29, 0.717) is 0 Å². The van der Waals surface area contributed by atoms with Gasteiger partial charge in [-0.25, -0.2) is 0 Å². The van der Waals surface area contributed by atoms with Crippen LogP contribution in [0.25, 0.3) is 5.57 Å². The Hall–Kier alpha value is -2.32. The smallest absolute Gasteiger partial charge is 0.0633 e. The van der Waals surface area contributed by atoms with Crippen LogP contribution in [-0.4, -0.2) is 0 Å². The van der Waals surface area contributed by atoms with E-state index in [1.165, 1.54) is 11.1 Å². The highest BCUT2D eigenvalue weighted by Crippen LogP contribution is 2.32. The molecule has 0 saturated carbocycles. The average molecular weight is 262 g/mol. The number of anilines is 1. The van der Waals surface area contributed by atoms with Crippen LogP contribution in [0.2, 0.25) is 0 Å². The van der Waals surface area contributed by atoms with Crippen molar-refractivity contribution in [3.05, 3.63) is 84.0 Å². The molecule has 0 aromatic heterocycles. The monoisotopic (exact) mass is 262 g/mol. The summed E-state index contributed by atoms with van der Waals surface area (Å²) in [4.78, 5) is 0. The molecule has 1 atom stereocenters. The number of nitrogens with two attached hydrogens (primary N) is 2. The molecular weight excluding hydrogens is 244 g/mol. The first-order valence-electron chi connectivity index (χ1n) is 6.77.